The predicted octanol–water partition coefficient (Wildman–Crippen LogP) is 3.30. The summed E-state index contributed by atoms with van der Waals surface area (Å²) in [5.74, 6) is 0.545. The monoisotopic (exact) mass is 465 g/mol. The van der Waals surface area contributed by atoms with Crippen molar-refractivity contribution in [3.05, 3.63) is 48.9 Å². The number of halogens is 1. The Morgan fingerprint density at radius 2 is 2.03 bits per heavy atom. The van der Waals surface area contributed by atoms with Crippen molar-refractivity contribution in [2.75, 3.05) is 24.6 Å². The fourth-order valence-corrected chi connectivity index (χ4v) is 5.93. The number of anilines is 1. The Morgan fingerprint density at radius 1 is 1.18 bits per heavy atom. The first-order valence-corrected chi connectivity index (χ1v) is 11.9. The summed E-state index contributed by atoms with van der Waals surface area (Å²) >= 11 is 1.42. The highest BCUT2D eigenvalue weighted by Crippen LogP contribution is 2.42. The van der Waals surface area contributed by atoms with Gasteiger partial charge in [-0.15, -0.1) is 0 Å². The van der Waals surface area contributed by atoms with Crippen LogP contribution in [0.4, 0.5) is 10.3 Å². The van der Waals surface area contributed by atoms with Crippen LogP contribution in [0, 0.1) is 11.2 Å². The fourth-order valence-electron chi connectivity index (χ4n) is 5.01. The lowest BCUT2D eigenvalue weighted by atomic mass is 9.73. The number of aromatic nitrogens is 5. The van der Waals surface area contributed by atoms with Crippen molar-refractivity contribution in [1.82, 2.24) is 24.3 Å². The zero-order chi connectivity index (χ0) is 22.6. The third-order valence-corrected chi connectivity index (χ3v) is 8.06. The van der Waals surface area contributed by atoms with Crippen LogP contribution in [0.25, 0.3) is 16.6 Å². The van der Waals surface area contributed by atoms with Gasteiger partial charge in [-0.05, 0) is 38.0 Å². The molecule has 2 atom stereocenters. The van der Waals surface area contributed by atoms with E-state index in [9.17, 15) is 4.39 Å². The van der Waals surface area contributed by atoms with Gasteiger partial charge in [0.05, 0.1) is 23.1 Å². The number of hydrogen-bond acceptors (Lipinski definition) is 8. The second-order valence-corrected chi connectivity index (χ2v) is 9.91. The quantitative estimate of drug-likeness (QED) is 0.461. The molecule has 2 aliphatic heterocycles. The van der Waals surface area contributed by atoms with Gasteiger partial charge in [-0.2, -0.15) is 0 Å². The van der Waals surface area contributed by atoms with Gasteiger partial charge >= 0.3 is 0 Å². The topological polar surface area (TPSA) is 94.5 Å². The average Bonchev–Trinajstić information content (AvgIpc) is 3.43. The predicted molar refractivity (Wildman–Crippen MR) is 124 cm³/mol. The Hall–Kier alpha value is -2.82. The largest absolute Gasteiger partial charge is 0.376 e. The number of nitrogens with two attached hydrogens (primary N) is 1. The number of nitrogens with zero attached hydrogens (tertiary/aromatic N) is 6. The molecule has 0 aliphatic carbocycles. The van der Waals surface area contributed by atoms with Crippen LogP contribution in [0.5, 0.6) is 0 Å². The zero-order valence-corrected chi connectivity index (χ0v) is 19.0. The van der Waals surface area contributed by atoms with E-state index in [0.717, 1.165) is 49.0 Å². The molecule has 33 heavy (non-hydrogen) atoms. The Labute approximate surface area is 194 Å². The SMILES string of the molecule is C[C@@H]1OCC2(CCN(c3ncc(Sc4ncnc5ccc(F)cc45)c4nccn34)CC2)[C@@H]1N. The lowest BCUT2D eigenvalue weighted by Gasteiger charge is -2.41. The minimum absolute atomic E-state index is 0.0586. The van der Waals surface area contributed by atoms with Crippen LogP contribution >= 0.6 is 11.8 Å². The van der Waals surface area contributed by atoms with E-state index in [1.165, 1.54) is 30.2 Å². The maximum Gasteiger partial charge on any atom is 0.211 e. The van der Waals surface area contributed by atoms with Crippen molar-refractivity contribution in [2.24, 2.45) is 11.1 Å². The average molecular weight is 466 g/mol. The number of imidazole rings is 1. The number of rotatable bonds is 3. The molecule has 10 heteroatoms. The summed E-state index contributed by atoms with van der Waals surface area (Å²) in [7, 11) is 0. The molecule has 0 saturated carbocycles. The highest BCUT2D eigenvalue weighted by atomic mass is 32.2. The van der Waals surface area contributed by atoms with Crippen molar-refractivity contribution in [3.8, 4) is 0 Å². The van der Waals surface area contributed by atoms with E-state index in [1.807, 2.05) is 16.8 Å². The molecule has 0 bridgehead atoms. The minimum atomic E-state index is -0.316. The summed E-state index contributed by atoms with van der Waals surface area (Å²) in [6.45, 7) is 4.53. The van der Waals surface area contributed by atoms with Crippen LogP contribution in [0.15, 0.2) is 53.0 Å². The maximum absolute atomic E-state index is 13.9. The third kappa shape index (κ3) is 3.44. The highest BCUT2D eigenvalue weighted by Gasteiger charge is 2.47. The summed E-state index contributed by atoms with van der Waals surface area (Å²) < 4.78 is 21.7. The van der Waals surface area contributed by atoms with E-state index < -0.39 is 0 Å². The Kier molecular flexibility index (Phi) is 4.97. The standard InChI is InChI=1S/C23H24FN7OS/c1-14-19(25)23(12-32-14)4-7-30(8-5-23)22-27-11-18(20-26-6-9-31(20)22)33-21-16-10-15(24)2-3-17(16)28-13-29-21/h2-3,6,9-11,13-14,19H,4-5,7-8,12,25H2,1H3/t14-,19+/m0/s1. The number of ether oxygens (including phenoxy) is 1. The lowest BCUT2D eigenvalue weighted by molar-refractivity contribution is 0.0973. The van der Waals surface area contributed by atoms with Gasteiger partial charge in [0, 0.05) is 48.5 Å². The second-order valence-electron chi connectivity index (χ2n) is 8.88. The zero-order valence-electron chi connectivity index (χ0n) is 18.2. The molecule has 0 unspecified atom stereocenters. The van der Waals surface area contributed by atoms with Crippen molar-refractivity contribution < 1.29 is 9.13 Å². The number of fused-ring (bicyclic) bond motifs is 2. The summed E-state index contributed by atoms with van der Waals surface area (Å²) in [6.07, 6.45) is 9.09. The molecular weight excluding hydrogens is 441 g/mol. The summed E-state index contributed by atoms with van der Waals surface area (Å²) in [6, 6.07) is 4.60. The minimum Gasteiger partial charge on any atom is -0.376 e. The van der Waals surface area contributed by atoms with Gasteiger partial charge in [0.2, 0.25) is 5.95 Å². The molecule has 0 amide bonds. The molecular formula is C23H24FN7OS. The van der Waals surface area contributed by atoms with Gasteiger partial charge in [0.25, 0.3) is 0 Å². The molecule has 2 N–H and O–H groups in total. The second kappa shape index (κ2) is 7.89. The van der Waals surface area contributed by atoms with Crippen LogP contribution in [0.3, 0.4) is 0 Å². The summed E-state index contributed by atoms with van der Waals surface area (Å²) in [5.41, 5.74) is 8.03. The first kappa shape index (κ1) is 20.8. The number of hydrogen-bond donors (Lipinski definition) is 1. The van der Waals surface area contributed by atoms with Crippen molar-refractivity contribution in [2.45, 2.75) is 41.8 Å². The van der Waals surface area contributed by atoms with Crippen LogP contribution in [-0.4, -0.2) is 56.2 Å². The van der Waals surface area contributed by atoms with Crippen LogP contribution < -0.4 is 10.6 Å². The molecule has 170 valence electrons. The summed E-state index contributed by atoms with van der Waals surface area (Å²) in [4.78, 5) is 21.1. The Morgan fingerprint density at radius 3 is 2.82 bits per heavy atom. The van der Waals surface area contributed by atoms with Gasteiger partial charge in [-0.3, -0.25) is 4.40 Å². The molecule has 6 rings (SSSR count). The van der Waals surface area contributed by atoms with Gasteiger partial charge < -0.3 is 15.4 Å². The van der Waals surface area contributed by atoms with Gasteiger partial charge in [0.1, 0.15) is 17.2 Å². The first-order valence-electron chi connectivity index (χ1n) is 11.1. The summed E-state index contributed by atoms with van der Waals surface area (Å²) in [5, 5.41) is 1.34. The molecule has 4 aromatic rings. The highest BCUT2D eigenvalue weighted by molar-refractivity contribution is 7.99. The number of piperidine rings is 1. The normalized spacial score (nSPS) is 22.6. The molecule has 5 heterocycles. The van der Waals surface area contributed by atoms with E-state index >= 15 is 0 Å². The van der Waals surface area contributed by atoms with E-state index in [-0.39, 0.29) is 23.4 Å². The van der Waals surface area contributed by atoms with Crippen molar-refractivity contribution >= 4 is 34.3 Å². The molecule has 2 fully saturated rings. The molecule has 2 saturated heterocycles. The smallest absolute Gasteiger partial charge is 0.211 e. The number of benzene rings is 1. The Balaban J connectivity index is 1.30. The van der Waals surface area contributed by atoms with Crippen LogP contribution in [-0.2, 0) is 4.74 Å². The van der Waals surface area contributed by atoms with Crippen LogP contribution in [0.2, 0.25) is 0 Å². The van der Waals surface area contributed by atoms with Gasteiger partial charge in [-0.1, -0.05) is 11.8 Å². The first-order chi connectivity index (χ1) is 16.0. The molecule has 8 nitrogen and oxygen atoms in total. The van der Waals surface area contributed by atoms with E-state index in [0.29, 0.717) is 15.9 Å². The molecule has 2 aliphatic rings. The fraction of sp³-hybridized carbons (Fsp3) is 0.391. The third-order valence-electron chi connectivity index (χ3n) is 7.03. The molecule has 1 aromatic carbocycles. The van der Waals surface area contributed by atoms with E-state index in [4.69, 9.17) is 15.5 Å². The molecule has 3 aromatic heterocycles. The lowest BCUT2D eigenvalue weighted by Crippen LogP contribution is -2.51. The van der Waals surface area contributed by atoms with E-state index in [1.54, 1.807) is 12.3 Å². The molecule has 0 radical (unpaired) electrons. The van der Waals surface area contributed by atoms with Crippen molar-refractivity contribution in [3.63, 3.8) is 0 Å². The molecule has 1 spiro atoms. The van der Waals surface area contributed by atoms with Gasteiger partial charge in [0.15, 0.2) is 5.65 Å². The van der Waals surface area contributed by atoms with Gasteiger partial charge in [-0.25, -0.2) is 24.3 Å². The van der Waals surface area contributed by atoms with Crippen molar-refractivity contribution in [1.29, 1.82) is 0 Å². The van der Waals surface area contributed by atoms with E-state index in [2.05, 4.69) is 26.8 Å². The maximum atomic E-state index is 13.9. The van der Waals surface area contributed by atoms with Crippen LogP contribution in [0.1, 0.15) is 19.8 Å². The Bertz CT molecular complexity index is 1340.